The molecule has 0 aliphatic heterocycles. The number of nitrogens with zero attached hydrogens (tertiary/aromatic N) is 2. The molecule has 2 N–H and O–H groups in total. The number of rotatable bonds is 12. The monoisotopic (exact) mass is 465 g/mol. The highest BCUT2D eigenvalue weighted by Gasteiger charge is 2.14. The lowest BCUT2D eigenvalue weighted by atomic mass is 10.0. The van der Waals surface area contributed by atoms with Crippen molar-refractivity contribution in [1.29, 1.82) is 0 Å². The molecule has 0 unspecified atom stereocenters. The average molecular weight is 466 g/mol. The predicted octanol–water partition coefficient (Wildman–Crippen LogP) is 4.88. The normalized spacial score (nSPS) is 10.8. The SMILES string of the molecule is CCCSc1ccc(CC(=O)c2cc(C(=O)Cc3ccc(SCCN)cc3)ncn2)cc1. The van der Waals surface area contributed by atoms with Gasteiger partial charge in [-0.2, -0.15) is 0 Å². The molecular weight excluding hydrogens is 438 g/mol. The summed E-state index contributed by atoms with van der Waals surface area (Å²) in [5.74, 6) is 1.67. The Morgan fingerprint density at radius 1 is 0.781 bits per heavy atom. The Morgan fingerprint density at radius 2 is 1.25 bits per heavy atom. The molecule has 0 saturated carbocycles. The number of Topliss-reactive ketones (excluding diaryl/α,β-unsaturated/α-hetero) is 2. The maximum atomic E-state index is 12.7. The van der Waals surface area contributed by atoms with Crippen molar-refractivity contribution in [2.45, 2.75) is 36.0 Å². The number of nitrogens with two attached hydrogens (primary N) is 1. The van der Waals surface area contributed by atoms with Crippen LogP contribution >= 0.6 is 23.5 Å². The number of carbonyl (C=O) groups excluding carboxylic acids is 2. The fraction of sp³-hybridized carbons (Fsp3) is 0.280. The summed E-state index contributed by atoms with van der Waals surface area (Å²) < 4.78 is 0. The zero-order chi connectivity index (χ0) is 22.8. The van der Waals surface area contributed by atoms with Gasteiger partial charge in [-0.15, -0.1) is 23.5 Å². The van der Waals surface area contributed by atoms with Crippen LogP contribution in [0.5, 0.6) is 0 Å². The predicted molar refractivity (Wildman–Crippen MR) is 132 cm³/mol. The van der Waals surface area contributed by atoms with Crippen molar-refractivity contribution >= 4 is 35.1 Å². The van der Waals surface area contributed by atoms with Crippen molar-refractivity contribution in [3.63, 3.8) is 0 Å². The van der Waals surface area contributed by atoms with Crippen LogP contribution in [0.4, 0.5) is 0 Å². The highest BCUT2D eigenvalue weighted by molar-refractivity contribution is 7.99. The van der Waals surface area contributed by atoms with Crippen molar-refractivity contribution in [1.82, 2.24) is 9.97 Å². The Kier molecular flexibility index (Phi) is 9.46. The minimum atomic E-state index is -0.138. The Balaban J connectivity index is 1.61. The summed E-state index contributed by atoms with van der Waals surface area (Å²) in [5, 5.41) is 0. The molecular formula is C25H27N3O2S2. The van der Waals surface area contributed by atoms with Gasteiger partial charge in [0.25, 0.3) is 0 Å². The van der Waals surface area contributed by atoms with Crippen molar-refractivity contribution in [2.75, 3.05) is 18.1 Å². The van der Waals surface area contributed by atoms with Gasteiger partial charge >= 0.3 is 0 Å². The smallest absolute Gasteiger partial charge is 0.185 e. The van der Waals surface area contributed by atoms with E-state index in [-0.39, 0.29) is 35.8 Å². The first kappa shape index (κ1) is 24.2. The van der Waals surface area contributed by atoms with E-state index in [1.165, 1.54) is 17.3 Å². The van der Waals surface area contributed by atoms with Gasteiger partial charge in [0.15, 0.2) is 11.6 Å². The molecule has 3 aromatic rings. The van der Waals surface area contributed by atoms with E-state index in [2.05, 4.69) is 16.9 Å². The molecule has 0 atom stereocenters. The Labute approximate surface area is 197 Å². The van der Waals surface area contributed by atoms with E-state index in [9.17, 15) is 9.59 Å². The Morgan fingerprint density at radius 3 is 1.69 bits per heavy atom. The minimum absolute atomic E-state index is 0.128. The summed E-state index contributed by atoms with van der Waals surface area (Å²) >= 11 is 3.49. The van der Waals surface area contributed by atoms with Gasteiger partial charge in [-0.25, -0.2) is 9.97 Å². The zero-order valence-electron chi connectivity index (χ0n) is 18.1. The molecule has 0 aliphatic rings. The third-order valence-electron chi connectivity index (χ3n) is 4.67. The van der Waals surface area contributed by atoms with Crippen molar-refractivity contribution in [2.24, 2.45) is 5.73 Å². The molecule has 5 nitrogen and oxygen atoms in total. The summed E-state index contributed by atoms with van der Waals surface area (Å²) in [6.07, 6.45) is 2.88. The van der Waals surface area contributed by atoms with Gasteiger partial charge in [-0.05, 0) is 53.6 Å². The quantitative estimate of drug-likeness (QED) is 0.301. The van der Waals surface area contributed by atoms with Gasteiger partial charge in [-0.1, -0.05) is 31.2 Å². The van der Waals surface area contributed by atoms with Gasteiger partial charge in [-0.3, -0.25) is 9.59 Å². The molecule has 0 spiro atoms. The van der Waals surface area contributed by atoms with Crippen LogP contribution in [0.15, 0.2) is 70.7 Å². The van der Waals surface area contributed by atoms with Crippen LogP contribution in [0.25, 0.3) is 0 Å². The van der Waals surface area contributed by atoms with Gasteiger partial charge in [0.1, 0.15) is 17.7 Å². The van der Waals surface area contributed by atoms with Crippen LogP contribution in [-0.4, -0.2) is 39.6 Å². The van der Waals surface area contributed by atoms with E-state index in [1.54, 1.807) is 23.5 Å². The van der Waals surface area contributed by atoms with Crippen LogP contribution in [0.2, 0.25) is 0 Å². The zero-order valence-corrected chi connectivity index (χ0v) is 19.8. The average Bonchev–Trinajstić information content (AvgIpc) is 2.83. The van der Waals surface area contributed by atoms with Crippen molar-refractivity contribution in [3.05, 3.63) is 83.4 Å². The molecule has 32 heavy (non-hydrogen) atoms. The molecule has 0 bridgehead atoms. The first-order valence-corrected chi connectivity index (χ1v) is 12.6. The van der Waals surface area contributed by atoms with E-state index in [0.717, 1.165) is 33.9 Å². The van der Waals surface area contributed by atoms with E-state index in [0.29, 0.717) is 6.54 Å². The highest BCUT2D eigenvalue weighted by Crippen LogP contribution is 2.20. The molecule has 7 heteroatoms. The molecule has 2 aromatic carbocycles. The molecule has 3 rings (SSSR count). The molecule has 0 fully saturated rings. The van der Waals surface area contributed by atoms with Crippen LogP contribution in [0.1, 0.15) is 45.4 Å². The number of hydrogen-bond acceptors (Lipinski definition) is 7. The Hall–Kier alpha value is -2.48. The number of hydrogen-bond donors (Lipinski definition) is 1. The van der Waals surface area contributed by atoms with Crippen molar-refractivity contribution < 1.29 is 9.59 Å². The summed E-state index contributed by atoms with van der Waals surface area (Å²) in [6, 6.07) is 17.4. The van der Waals surface area contributed by atoms with Gasteiger partial charge in [0.2, 0.25) is 0 Å². The lowest BCUT2D eigenvalue weighted by Gasteiger charge is -2.06. The first-order valence-electron chi connectivity index (χ1n) is 10.6. The lowest BCUT2D eigenvalue weighted by molar-refractivity contribution is 0.0987. The minimum Gasteiger partial charge on any atom is -0.330 e. The van der Waals surface area contributed by atoms with E-state index < -0.39 is 0 Å². The lowest BCUT2D eigenvalue weighted by Crippen LogP contribution is -2.11. The third-order valence-corrected chi connectivity index (χ3v) is 6.94. The van der Waals surface area contributed by atoms with Crippen LogP contribution in [0.3, 0.4) is 0 Å². The van der Waals surface area contributed by atoms with Crippen LogP contribution in [0, 0.1) is 0 Å². The molecule has 0 amide bonds. The van der Waals surface area contributed by atoms with Crippen LogP contribution in [-0.2, 0) is 12.8 Å². The number of benzene rings is 2. The first-order chi connectivity index (χ1) is 15.6. The standard InChI is InChI=1S/C25H27N3O2S2/c1-2-12-31-20-7-3-18(4-8-20)14-24(29)22-16-23(28-17-27-22)25(30)15-19-5-9-21(10-6-19)32-13-11-26/h3-10,16-17H,2,11-15,26H2,1H3. The second-order valence-corrected chi connectivity index (χ2v) is 9.60. The number of ketones is 2. The maximum Gasteiger partial charge on any atom is 0.185 e. The fourth-order valence-electron chi connectivity index (χ4n) is 3.02. The van der Waals surface area contributed by atoms with E-state index in [1.807, 2.05) is 48.5 Å². The topological polar surface area (TPSA) is 85.9 Å². The number of thioether (sulfide) groups is 2. The summed E-state index contributed by atoms with van der Waals surface area (Å²) in [7, 11) is 0. The second kappa shape index (κ2) is 12.5. The second-order valence-electron chi connectivity index (χ2n) is 7.26. The third kappa shape index (κ3) is 7.29. The Bertz CT molecular complexity index is 957. The molecule has 0 saturated heterocycles. The molecule has 0 aliphatic carbocycles. The highest BCUT2D eigenvalue weighted by atomic mass is 32.2. The molecule has 166 valence electrons. The van der Waals surface area contributed by atoms with Crippen LogP contribution < -0.4 is 5.73 Å². The maximum absolute atomic E-state index is 12.7. The summed E-state index contributed by atoms with van der Waals surface area (Å²) in [6.45, 7) is 2.78. The van der Waals surface area contributed by atoms with Crippen molar-refractivity contribution in [3.8, 4) is 0 Å². The largest absolute Gasteiger partial charge is 0.330 e. The van der Waals surface area contributed by atoms with E-state index in [4.69, 9.17) is 5.73 Å². The van der Waals surface area contributed by atoms with Gasteiger partial charge < -0.3 is 5.73 Å². The molecule has 1 heterocycles. The fourth-order valence-corrected chi connectivity index (χ4v) is 4.47. The van der Waals surface area contributed by atoms with E-state index >= 15 is 0 Å². The summed E-state index contributed by atoms with van der Waals surface area (Å²) in [4.78, 5) is 35.9. The number of aromatic nitrogens is 2. The molecule has 1 aromatic heterocycles. The van der Waals surface area contributed by atoms with Gasteiger partial charge in [0.05, 0.1) is 0 Å². The summed E-state index contributed by atoms with van der Waals surface area (Å²) in [5.41, 5.74) is 7.89. The molecule has 0 radical (unpaired) electrons. The number of carbonyl (C=O) groups is 2. The van der Waals surface area contributed by atoms with Gasteiger partial charge in [0, 0.05) is 34.9 Å².